The van der Waals surface area contributed by atoms with Gasteiger partial charge in [-0.05, 0) is 24.6 Å². The van der Waals surface area contributed by atoms with Crippen molar-refractivity contribution in [2.45, 2.75) is 19.5 Å². The van der Waals surface area contributed by atoms with Crippen LogP contribution in [-0.2, 0) is 6.54 Å². The van der Waals surface area contributed by atoms with Gasteiger partial charge in [-0.15, -0.1) is 5.10 Å². The third-order valence-corrected chi connectivity index (χ3v) is 2.11. The summed E-state index contributed by atoms with van der Waals surface area (Å²) in [7, 11) is 0. The highest BCUT2D eigenvalue weighted by Gasteiger charge is 2.05. The van der Waals surface area contributed by atoms with E-state index in [1.54, 1.807) is 6.20 Å². The van der Waals surface area contributed by atoms with E-state index < -0.39 is 0 Å². The van der Waals surface area contributed by atoms with Crippen LogP contribution >= 0.6 is 11.6 Å². The zero-order valence-electron chi connectivity index (χ0n) is 8.71. The molecule has 1 unspecified atom stereocenters. The molecule has 0 aliphatic heterocycles. The Hall–Kier alpha value is -1.69. The maximum absolute atomic E-state index is 5.63. The smallest absolute Gasteiger partial charge is 0.244 e. The predicted molar refractivity (Wildman–Crippen MR) is 60.1 cm³/mol. The minimum atomic E-state index is 0.135. The van der Waals surface area contributed by atoms with E-state index >= 15 is 0 Å². The molecule has 6 nitrogen and oxygen atoms in total. The van der Waals surface area contributed by atoms with Gasteiger partial charge in [0.25, 0.3) is 0 Å². The molecule has 2 aromatic rings. The van der Waals surface area contributed by atoms with Crippen LogP contribution in [0.15, 0.2) is 24.7 Å². The fraction of sp³-hybridized carbons (Fsp3) is 0.333. The SMILES string of the molecule is CC(Cn1cccn1)Nc1cnnc(Cl)n1. The molecule has 0 aromatic carbocycles. The number of aromatic nitrogens is 5. The Morgan fingerprint density at radius 3 is 3.12 bits per heavy atom. The first-order chi connectivity index (χ1) is 7.74. The third kappa shape index (κ3) is 2.90. The topological polar surface area (TPSA) is 68.5 Å². The summed E-state index contributed by atoms with van der Waals surface area (Å²) in [5.74, 6) is 0.611. The first kappa shape index (κ1) is 10.8. The quantitative estimate of drug-likeness (QED) is 0.868. The lowest BCUT2D eigenvalue weighted by Crippen LogP contribution is -2.23. The molecular formula is C9H11ClN6. The second-order valence-corrected chi connectivity index (χ2v) is 3.72. The minimum absolute atomic E-state index is 0.135. The zero-order valence-corrected chi connectivity index (χ0v) is 9.46. The lowest BCUT2D eigenvalue weighted by Gasteiger charge is -2.13. The van der Waals surface area contributed by atoms with Crippen LogP contribution in [0.3, 0.4) is 0 Å². The number of hydrogen-bond acceptors (Lipinski definition) is 5. The van der Waals surface area contributed by atoms with E-state index in [1.165, 1.54) is 6.20 Å². The molecule has 0 saturated heterocycles. The largest absolute Gasteiger partial charge is 0.364 e. The maximum atomic E-state index is 5.63. The molecule has 84 valence electrons. The van der Waals surface area contributed by atoms with Crippen LogP contribution in [-0.4, -0.2) is 31.0 Å². The summed E-state index contributed by atoms with van der Waals surface area (Å²) >= 11 is 5.63. The van der Waals surface area contributed by atoms with Gasteiger partial charge in [-0.1, -0.05) is 0 Å². The Morgan fingerprint density at radius 2 is 2.44 bits per heavy atom. The molecule has 7 heteroatoms. The van der Waals surface area contributed by atoms with Crippen molar-refractivity contribution in [1.82, 2.24) is 25.0 Å². The summed E-state index contributed by atoms with van der Waals surface area (Å²) < 4.78 is 1.84. The van der Waals surface area contributed by atoms with Crippen molar-refractivity contribution in [3.8, 4) is 0 Å². The molecule has 2 rings (SSSR count). The fourth-order valence-electron chi connectivity index (χ4n) is 1.34. The lowest BCUT2D eigenvalue weighted by molar-refractivity contribution is 0.559. The number of hydrogen-bond donors (Lipinski definition) is 1. The Morgan fingerprint density at radius 1 is 1.56 bits per heavy atom. The summed E-state index contributed by atoms with van der Waals surface area (Å²) in [6.07, 6.45) is 5.19. The van der Waals surface area contributed by atoms with Gasteiger partial charge in [0, 0.05) is 18.4 Å². The molecule has 1 atom stereocenters. The van der Waals surface area contributed by atoms with Gasteiger partial charge in [-0.25, -0.2) is 0 Å². The number of nitrogens with one attached hydrogen (secondary N) is 1. The second-order valence-electron chi connectivity index (χ2n) is 3.38. The monoisotopic (exact) mass is 238 g/mol. The molecule has 2 heterocycles. The van der Waals surface area contributed by atoms with Gasteiger partial charge >= 0.3 is 0 Å². The summed E-state index contributed by atoms with van der Waals surface area (Å²) in [5.41, 5.74) is 0. The van der Waals surface area contributed by atoms with Crippen LogP contribution in [0, 0.1) is 0 Å². The summed E-state index contributed by atoms with van der Waals surface area (Å²) in [5, 5.41) is 14.7. The van der Waals surface area contributed by atoms with E-state index in [9.17, 15) is 0 Å². The van der Waals surface area contributed by atoms with Gasteiger partial charge in [0.15, 0.2) is 0 Å². The van der Waals surface area contributed by atoms with Gasteiger partial charge < -0.3 is 5.32 Å². The standard InChI is InChI=1S/C9H11ClN6/c1-7(6-16-4-2-3-12-16)13-8-5-11-15-9(10)14-8/h2-5,7H,6H2,1H3,(H,13,14,15). The van der Waals surface area contributed by atoms with Crippen LogP contribution in [0.1, 0.15) is 6.92 Å². The Kier molecular flexibility index (Phi) is 3.31. The molecule has 0 radical (unpaired) electrons. The van der Waals surface area contributed by atoms with Gasteiger partial charge in [0.05, 0.1) is 12.7 Å². The average Bonchev–Trinajstić information content (AvgIpc) is 2.70. The number of rotatable bonds is 4. The van der Waals surface area contributed by atoms with E-state index in [2.05, 4.69) is 25.6 Å². The van der Waals surface area contributed by atoms with Crippen LogP contribution in [0.4, 0.5) is 5.82 Å². The van der Waals surface area contributed by atoms with Gasteiger partial charge in [-0.3, -0.25) is 4.68 Å². The molecule has 0 bridgehead atoms. The van der Waals surface area contributed by atoms with Gasteiger partial charge in [0.2, 0.25) is 5.28 Å². The van der Waals surface area contributed by atoms with Crippen molar-refractivity contribution < 1.29 is 0 Å². The number of nitrogens with zero attached hydrogens (tertiary/aromatic N) is 5. The molecule has 0 aliphatic carbocycles. The van der Waals surface area contributed by atoms with Crippen LogP contribution in [0.5, 0.6) is 0 Å². The first-order valence-electron chi connectivity index (χ1n) is 4.83. The molecule has 0 saturated carbocycles. The minimum Gasteiger partial charge on any atom is -0.364 e. The average molecular weight is 239 g/mol. The van der Waals surface area contributed by atoms with Crippen molar-refractivity contribution in [2.75, 3.05) is 5.32 Å². The van der Waals surface area contributed by atoms with Crippen LogP contribution in [0.2, 0.25) is 5.28 Å². The molecule has 1 N–H and O–H groups in total. The summed E-state index contributed by atoms with van der Waals surface area (Å²) in [6.45, 7) is 2.77. The number of anilines is 1. The molecule has 0 aliphatic rings. The first-order valence-corrected chi connectivity index (χ1v) is 5.21. The highest BCUT2D eigenvalue weighted by molar-refractivity contribution is 6.28. The van der Waals surface area contributed by atoms with Gasteiger partial charge in [0.1, 0.15) is 5.82 Å². The Labute approximate surface area is 97.7 Å². The summed E-state index contributed by atoms with van der Waals surface area (Å²) in [6, 6.07) is 2.06. The normalized spacial score (nSPS) is 12.4. The van der Waals surface area contributed by atoms with Gasteiger partial charge in [-0.2, -0.15) is 15.2 Å². The Balaban J connectivity index is 1.94. The highest BCUT2D eigenvalue weighted by atomic mass is 35.5. The maximum Gasteiger partial charge on any atom is 0.244 e. The lowest BCUT2D eigenvalue weighted by atomic mass is 10.3. The Bertz CT molecular complexity index is 443. The molecule has 2 aromatic heterocycles. The van der Waals surface area contributed by atoms with E-state index in [1.807, 2.05) is 23.9 Å². The molecule has 0 spiro atoms. The molecule has 0 fully saturated rings. The van der Waals surface area contributed by atoms with E-state index in [0.717, 1.165) is 6.54 Å². The van der Waals surface area contributed by atoms with E-state index in [4.69, 9.17) is 11.6 Å². The van der Waals surface area contributed by atoms with Crippen molar-refractivity contribution in [3.63, 3.8) is 0 Å². The molecule has 16 heavy (non-hydrogen) atoms. The zero-order chi connectivity index (χ0) is 11.4. The summed E-state index contributed by atoms with van der Waals surface area (Å²) in [4.78, 5) is 3.99. The molecular weight excluding hydrogens is 228 g/mol. The van der Waals surface area contributed by atoms with Crippen LogP contribution < -0.4 is 5.32 Å². The van der Waals surface area contributed by atoms with Crippen molar-refractivity contribution in [2.24, 2.45) is 0 Å². The third-order valence-electron chi connectivity index (χ3n) is 1.95. The van der Waals surface area contributed by atoms with E-state index in [0.29, 0.717) is 5.82 Å². The van der Waals surface area contributed by atoms with Crippen LogP contribution in [0.25, 0.3) is 0 Å². The predicted octanol–water partition coefficient (Wildman–Crippen LogP) is 1.22. The van der Waals surface area contributed by atoms with Crippen molar-refractivity contribution in [1.29, 1.82) is 0 Å². The number of halogens is 1. The highest BCUT2D eigenvalue weighted by Crippen LogP contribution is 2.06. The van der Waals surface area contributed by atoms with Crippen molar-refractivity contribution >= 4 is 17.4 Å². The molecule has 0 amide bonds. The second kappa shape index (κ2) is 4.89. The van der Waals surface area contributed by atoms with Crippen molar-refractivity contribution in [3.05, 3.63) is 29.9 Å². The fourth-order valence-corrected chi connectivity index (χ4v) is 1.47. The van der Waals surface area contributed by atoms with E-state index in [-0.39, 0.29) is 11.3 Å².